The van der Waals surface area contributed by atoms with Gasteiger partial charge in [0.2, 0.25) is 5.91 Å². The molecule has 10 nitrogen and oxygen atoms in total. The van der Waals surface area contributed by atoms with E-state index in [-0.39, 0.29) is 23.9 Å². The highest BCUT2D eigenvalue weighted by atomic mass is 32.1. The number of aliphatic hydroxyl groups excluding tert-OH is 1. The van der Waals surface area contributed by atoms with E-state index >= 15 is 0 Å². The van der Waals surface area contributed by atoms with Crippen LogP contribution < -0.4 is 20.3 Å². The first-order valence-electron chi connectivity index (χ1n) is 13.0. The number of carbonyl (C=O) groups is 3. The van der Waals surface area contributed by atoms with Crippen molar-refractivity contribution in [1.82, 2.24) is 15.2 Å². The third-order valence-corrected chi connectivity index (χ3v) is 8.18. The number of piperidine rings is 1. The highest BCUT2D eigenvalue weighted by molar-refractivity contribution is 7.21. The predicted molar refractivity (Wildman–Crippen MR) is 153 cm³/mol. The maximum atomic E-state index is 13.5. The zero-order valence-corrected chi connectivity index (χ0v) is 22.5. The molecule has 4 aromatic rings. The zero-order valence-electron chi connectivity index (χ0n) is 21.7. The molecular weight excluding hydrogens is 530 g/mol. The Labute approximate surface area is 234 Å². The van der Waals surface area contributed by atoms with Crippen LogP contribution in [0, 0.1) is 6.92 Å². The summed E-state index contributed by atoms with van der Waals surface area (Å²) in [6, 6.07) is 16.1. The molecule has 2 aliphatic heterocycles. The summed E-state index contributed by atoms with van der Waals surface area (Å²) in [5, 5.41) is 15.8. The number of para-hydroxylation sites is 1. The van der Waals surface area contributed by atoms with Crippen LogP contribution in [0.4, 0.5) is 21.9 Å². The van der Waals surface area contributed by atoms with Crippen LogP contribution in [0.15, 0.2) is 60.8 Å². The highest BCUT2D eigenvalue weighted by Crippen LogP contribution is 2.46. The largest absolute Gasteiger partial charge is 0.457 e. The van der Waals surface area contributed by atoms with E-state index in [1.54, 1.807) is 22.1 Å². The summed E-state index contributed by atoms with van der Waals surface area (Å²) in [6.07, 6.45) is 3.07. The molecule has 0 spiro atoms. The summed E-state index contributed by atoms with van der Waals surface area (Å²) >= 11 is 1.21. The first-order chi connectivity index (χ1) is 19.4. The van der Waals surface area contributed by atoms with Crippen LogP contribution in [0.3, 0.4) is 0 Å². The van der Waals surface area contributed by atoms with Gasteiger partial charge in [0.1, 0.15) is 27.8 Å². The molecule has 2 aromatic carbocycles. The van der Waals surface area contributed by atoms with Crippen LogP contribution in [0.25, 0.3) is 10.2 Å². The van der Waals surface area contributed by atoms with Gasteiger partial charge in [-0.2, -0.15) is 0 Å². The molecule has 0 saturated carbocycles. The lowest BCUT2D eigenvalue weighted by atomic mass is 10.1. The third-order valence-electron chi connectivity index (χ3n) is 7.08. The minimum atomic E-state index is -0.555. The van der Waals surface area contributed by atoms with Gasteiger partial charge >= 0.3 is 6.03 Å². The van der Waals surface area contributed by atoms with Gasteiger partial charge in [0.25, 0.3) is 5.91 Å². The van der Waals surface area contributed by atoms with Crippen LogP contribution in [0.1, 0.15) is 28.1 Å². The number of thiophene rings is 1. The number of amides is 4. The maximum absolute atomic E-state index is 13.5. The Hall–Kier alpha value is -4.48. The molecule has 4 heterocycles. The molecule has 0 bridgehead atoms. The minimum Gasteiger partial charge on any atom is -0.457 e. The summed E-state index contributed by atoms with van der Waals surface area (Å²) < 4.78 is 5.95. The quantitative estimate of drug-likeness (QED) is 0.313. The number of aromatic nitrogens is 1. The maximum Gasteiger partial charge on any atom is 0.331 e. The van der Waals surface area contributed by atoms with Crippen LogP contribution in [0.2, 0.25) is 0 Å². The molecular formula is C29H27N5O5S. The van der Waals surface area contributed by atoms with Crippen LogP contribution >= 0.6 is 11.3 Å². The summed E-state index contributed by atoms with van der Waals surface area (Å²) in [4.78, 5) is 47.4. The lowest BCUT2D eigenvalue weighted by Crippen LogP contribution is -2.50. The third kappa shape index (κ3) is 4.74. The van der Waals surface area contributed by atoms with Crippen molar-refractivity contribution in [2.45, 2.75) is 25.8 Å². The second kappa shape index (κ2) is 10.6. The second-order valence-electron chi connectivity index (χ2n) is 9.76. The number of nitrogens with zero attached hydrogens (tertiary/aromatic N) is 3. The fourth-order valence-electron chi connectivity index (χ4n) is 5.22. The van der Waals surface area contributed by atoms with E-state index in [0.29, 0.717) is 57.4 Å². The number of nitrogens with one attached hydrogen (secondary N) is 2. The molecule has 0 unspecified atom stereocenters. The number of aryl methyl sites for hydroxylation is 1. The second-order valence-corrected chi connectivity index (χ2v) is 10.8. The Kier molecular flexibility index (Phi) is 6.82. The van der Waals surface area contributed by atoms with Crippen molar-refractivity contribution in [2.24, 2.45) is 0 Å². The Balaban J connectivity index is 1.29. The number of aliphatic hydroxyl groups is 1. The van der Waals surface area contributed by atoms with Crippen molar-refractivity contribution in [1.29, 1.82) is 0 Å². The zero-order chi connectivity index (χ0) is 27.8. The van der Waals surface area contributed by atoms with Gasteiger partial charge in [-0.1, -0.05) is 18.2 Å². The SMILES string of the molecule is Cc1cc(Oc2ccccc2)ccc1N1C(=O)Nc2c(C(=O)N[C@@H]3CCCN(C(=O)CO)C3)sc3nccc1c23. The Morgan fingerprint density at radius 3 is 2.75 bits per heavy atom. The summed E-state index contributed by atoms with van der Waals surface area (Å²) in [6.45, 7) is 2.24. The minimum absolute atomic E-state index is 0.253. The number of hydrogen-bond acceptors (Lipinski definition) is 7. The van der Waals surface area contributed by atoms with Gasteiger partial charge in [0.05, 0.1) is 22.4 Å². The molecule has 4 amide bonds. The number of hydrogen-bond donors (Lipinski definition) is 3. The first-order valence-corrected chi connectivity index (χ1v) is 13.8. The molecule has 204 valence electrons. The van der Waals surface area contributed by atoms with Crippen molar-refractivity contribution in [3.8, 4) is 11.5 Å². The van der Waals surface area contributed by atoms with Crippen LogP contribution in [-0.2, 0) is 4.79 Å². The molecule has 11 heteroatoms. The number of pyridine rings is 1. The molecule has 1 fully saturated rings. The molecule has 6 rings (SSSR count). The highest BCUT2D eigenvalue weighted by Gasteiger charge is 2.34. The topological polar surface area (TPSA) is 124 Å². The van der Waals surface area contributed by atoms with Gasteiger partial charge in [-0.15, -0.1) is 11.3 Å². The number of rotatable bonds is 6. The van der Waals surface area contributed by atoms with Gasteiger partial charge in [-0.05, 0) is 61.7 Å². The lowest BCUT2D eigenvalue weighted by molar-refractivity contribution is -0.135. The molecule has 2 aliphatic rings. The van der Waals surface area contributed by atoms with E-state index < -0.39 is 6.61 Å². The lowest BCUT2D eigenvalue weighted by Gasteiger charge is -2.33. The van der Waals surface area contributed by atoms with Gasteiger partial charge in [0, 0.05) is 25.3 Å². The number of urea groups is 1. The summed E-state index contributed by atoms with van der Waals surface area (Å²) in [7, 11) is 0. The van der Waals surface area contributed by atoms with Crippen molar-refractivity contribution in [3.63, 3.8) is 0 Å². The van der Waals surface area contributed by atoms with E-state index in [4.69, 9.17) is 4.74 Å². The van der Waals surface area contributed by atoms with E-state index in [9.17, 15) is 19.5 Å². The van der Waals surface area contributed by atoms with Crippen molar-refractivity contribution in [2.75, 3.05) is 29.9 Å². The fourth-order valence-corrected chi connectivity index (χ4v) is 6.25. The molecule has 3 N–H and O–H groups in total. The van der Waals surface area contributed by atoms with E-state index in [0.717, 1.165) is 17.7 Å². The molecule has 1 atom stereocenters. The van der Waals surface area contributed by atoms with E-state index in [1.807, 2.05) is 55.5 Å². The van der Waals surface area contributed by atoms with Crippen LogP contribution in [-0.4, -0.2) is 58.6 Å². The van der Waals surface area contributed by atoms with Gasteiger partial charge in [-0.25, -0.2) is 9.78 Å². The van der Waals surface area contributed by atoms with Gasteiger partial charge in [0.15, 0.2) is 0 Å². The van der Waals surface area contributed by atoms with Gasteiger partial charge in [-0.3, -0.25) is 14.5 Å². The fraction of sp³-hybridized carbons (Fsp3) is 0.241. The normalized spacial score (nSPS) is 16.6. The molecule has 0 aliphatic carbocycles. The first kappa shape index (κ1) is 25.8. The molecule has 1 saturated heterocycles. The number of likely N-dealkylation sites (tertiary alicyclic amines) is 1. The van der Waals surface area contributed by atoms with Crippen molar-refractivity contribution in [3.05, 3.63) is 71.2 Å². The van der Waals surface area contributed by atoms with E-state index in [2.05, 4.69) is 15.6 Å². The predicted octanol–water partition coefficient (Wildman–Crippen LogP) is 4.79. The number of anilines is 3. The number of ether oxygens (including phenoxy) is 1. The van der Waals surface area contributed by atoms with Crippen molar-refractivity contribution < 1.29 is 24.2 Å². The average molecular weight is 558 g/mol. The summed E-state index contributed by atoms with van der Waals surface area (Å²) in [5.74, 6) is 0.685. The molecule has 40 heavy (non-hydrogen) atoms. The molecule has 2 aromatic heterocycles. The average Bonchev–Trinajstić information content (AvgIpc) is 3.33. The van der Waals surface area contributed by atoms with Crippen LogP contribution in [0.5, 0.6) is 11.5 Å². The smallest absolute Gasteiger partial charge is 0.331 e. The van der Waals surface area contributed by atoms with Gasteiger partial charge < -0.3 is 25.4 Å². The van der Waals surface area contributed by atoms with Crippen molar-refractivity contribution >= 4 is 56.5 Å². The summed E-state index contributed by atoms with van der Waals surface area (Å²) in [5.41, 5.74) is 2.59. The number of benzene rings is 2. The standard InChI is InChI=1S/C29H27N5O5S/c1-17-14-20(39-19-7-3-2-4-8-19)9-10-21(17)34-22-11-12-30-28-24(22)25(32-29(34)38)26(40-28)27(37)31-18-6-5-13-33(15-18)23(36)16-35/h2-4,7-12,14,18,35H,5-6,13,15-16H2,1H3,(H,31,37)(H,32,38)/t18-/m1/s1. The molecule has 0 radical (unpaired) electrons. The Bertz CT molecular complexity index is 1620. The monoisotopic (exact) mass is 557 g/mol. The Morgan fingerprint density at radius 2 is 1.98 bits per heavy atom. The number of carbonyl (C=O) groups excluding carboxylic acids is 3. The Morgan fingerprint density at radius 1 is 1.15 bits per heavy atom. The van der Waals surface area contributed by atoms with E-state index in [1.165, 1.54) is 11.3 Å².